The quantitative estimate of drug-likeness (QED) is 0.672. The van der Waals surface area contributed by atoms with E-state index in [1.807, 2.05) is 29.1 Å². The second-order valence-electron chi connectivity index (χ2n) is 4.07. The van der Waals surface area contributed by atoms with E-state index in [0.717, 1.165) is 0 Å². The first-order chi connectivity index (χ1) is 9.59. The molecule has 0 saturated heterocycles. The van der Waals surface area contributed by atoms with Crippen LogP contribution in [0.1, 0.15) is 10.4 Å². The van der Waals surface area contributed by atoms with Gasteiger partial charge >= 0.3 is 0 Å². The lowest BCUT2D eigenvalue weighted by molar-refractivity contribution is -0.385. The minimum atomic E-state index is -0.527. The van der Waals surface area contributed by atoms with Gasteiger partial charge in [0.05, 0.1) is 10.5 Å². The predicted molar refractivity (Wildman–Crippen MR) is 77.6 cm³/mol. The fourth-order valence-corrected chi connectivity index (χ4v) is 2.34. The topological polar surface area (TPSA) is 77.2 Å². The second kappa shape index (κ2) is 6.33. The molecule has 0 atom stereocenters. The summed E-state index contributed by atoms with van der Waals surface area (Å²) in [5.41, 5.74) is 0.134. The molecule has 1 N–H and O–H groups in total. The molecule has 0 unspecified atom stereocenters. The summed E-state index contributed by atoms with van der Waals surface area (Å²) in [6.45, 7) is 1.09. The minimum Gasteiger partial charge on any atom is -0.353 e. The maximum atomic E-state index is 12.0. The molecule has 1 aromatic heterocycles. The standard InChI is InChI=1S/C13H12BrN3O3/c14-12-10(4-3-5-11(12)17(19)20)13(18)15-6-9-16-7-1-2-8-16/h1-5,7-8H,6,9H2,(H,15,18). The molecule has 0 bridgehead atoms. The predicted octanol–water partition coefficient (Wildman–Crippen LogP) is 2.59. The largest absolute Gasteiger partial charge is 0.353 e. The zero-order chi connectivity index (χ0) is 14.5. The fraction of sp³-hybridized carbons (Fsp3) is 0.154. The van der Waals surface area contributed by atoms with Crippen LogP contribution in [0.15, 0.2) is 47.2 Å². The van der Waals surface area contributed by atoms with Crippen LogP contribution in [0.5, 0.6) is 0 Å². The molecule has 0 saturated carbocycles. The van der Waals surface area contributed by atoms with E-state index in [2.05, 4.69) is 21.2 Å². The van der Waals surface area contributed by atoms with Crippen molar-refractivity contribution in [3.63, 3.8) is 0 Å². The number of nitrogens with zero attached hydrogens (tertiary/aromatic N) is 2. The highest BCUT2D eigenvalue weighted by molar-refractivity contribution is 9.10. The van der Waals surface area contributed by atoms with Gasteiger partial charge < -0.3 is 9.88 Å². The molecular weight excluding hydrogens is 326 g/mol. The van der Waals surface area contributed by atoms with Crippen LogP contribution >= 0.6 is 15.9 Å². The molecule has 0 aliphatic heterocycles. The third kappa shape index (κ3) is 3.24. The van der Waals surface area contributed by atoms with Crippen molar-refractivity contribution < 1.29 is 9.72 Å². The third-order valence-electron chi connectivity index (χ3n) is 2.74. The van der Waals surface area contributed by atoms with Crippen molar-refractivity contribution in [3.05, 3.63) is 62.9 Å². The van der Waals surface area contributed by atoms with Crippen LogP contribution in [0.3, 0.4) is 0 Å². The Kier molecular flexibility index (Phi) is 4.52. The van der Waals surface area contributed by atoms with Crippen LogP contribution in [-0.2, 0) is 6.54 Å². The zero-order valence-corrected chi connectivity index (χ0v) is 12.0. The lowest BCUT2D eigenvalue weighted by atomic mass is 10.2. The molecule has 2 rings (SSSR count). The summed E-state index contributed by atoms with van der Waals surface area (Å²) >= 11 is 3.11. The van der Waals surface area contributed by atoms with Gasteiger partial charge in [0.1, 0.15) is 4.47 Å². The zero-order valence-electron chi connectivity index (χ0n) is 10.5. The first-order valence-electron chi connectivity index (χ1n) is 5.91. The molecule has 0 radical (unpaired) electrons. The molecule has 104 valence electrons. The summed E-state index contributed by atoms with van der Waals surface area (Å²) in [5, 5.41) is 13.5. The highest BCUT2D eigenvalue weighted by atomic mass is 79.9. The molecule has 0 spiro atoms. The van der Waals surface area contributed by atoms with Crippen molar-refractivity contribution in [1.82, 2.24) is 9.88 Å². The van der Waals surface area contributed by atoms with Crippen molar-refractivity contribution in [3.8, 4) is 0 Å². The van der Waals surface area contributed by atoms with E-state index in [1.165, 1.54) is 12.1 Å². The number of nitro benzene ring substituents is 1. The number of halogens is 1. The highest BCUT2D eigenvalue weighted by Crippen LogP contribution is 2.28. The Bertz CT molecular complexity index is 626. The number of nitrogens with one attached hydrogen (secondary N) is 1. The third-order valence-corrected chi connectivity index (χ3v) is 3.57. The fourth-order valence-electron chi connectivity index (χ4n) is 1.75. The number of amides is 1. The van der Waals surface area contributed by atoms with E-state index in [-0.39, 0.29) is 21.6 Å². The molecule has 0 fully saturated rings. The Balaban J connectivity index is 2.02. The second-order valence-corrected chi connectivity index (χ2v) is 4.87. The van der Waals surface area contributed by atoms with Crippen molar-refractivity contribution in [2.24, 2.45) is 0 Å². The molecule has 6 nitrogen and oxygen atoms in total. The molecule has 2 aromatic rings. The van der Waals surface area contributed by atoms with Gasteiger partial charge in [-0.15, -0.1) is 0 Å². The maximum absolute atomic E-state index is 12.0. The first kappa shape index (κ1) is 14.3. The SMILES string of the molecule is O=C(NCCn1cccc1)c1cccc([N+](=O)[O-])c1Br. The van der Waals surface area contributed by atoms with Gasteiger partial charge in [0.25, 0.3) is 11.6 Å². The number of carbonyl (C=O) groups is 1. The van der Waals surface area contributed by atoms with E-state index in [4.69, 9.17) is 0 Å². The average molecular weight is 338 g/mol. The van der Waals surface area contributed by atoms with Crippen molar-refractivity contribution in [1.29, 1.82) is 0 Å². The van der Waals surface area contributed by atoms with Gasteiger partial charge in [-0.3, -0.25) is 14.9 Å². The van der Waals surface area contributed by atoms with Gasteiger partial charge in [0, 0.05) is 31.5 Å². The van der Waals surface area contributed by atoms with E-state index in [1.54, 1.807) is 6.07 Å². The van der Waals surface area contributed by atoms with Crippen molar-refractivity contribution in [2.75, 3.05) is 6.54 Å². The van der Waals surface area contributed by atoms with Gasteiger partial charge in [-0.1, -0.05) is 6.07 Å². The molecule has 20 heavy (non-hydrogen) atoms. The molecule has 1 aromatic carbocycles. The molecule has 1 heterocycles. The van der Waals surface area contributed by atoms with Gasteiger partial charge in [-0.05, 0) is 34.1 Å². The van der Waals surface area contributed by atoms with Crippen LogP contribution in [0.4, 0.5) is 5.69 Å². The van der Waals surface area contributed by atoms with Gasteiger partial charge in [0.15, 0.2) is 0 Å². The highest BCUT2D eigenvalue weighted by Gasteiger charge is 2.18. The Morgan fingerprint density at radius 2 is 2.00 bits per heavy atom. The number of hydrogen-bond donors (Lipinski definition) is 1. The molecule has 1 amide bonds. The van der Waals surface area contributed by atoms with Crippen molar-refractivity contribution >= 4 is 27.5 Å². The Morgan fingerprint density at radius 3 is 2.65 bits per heavy atom. The van der Waals surface area contributed by atoms with Crippen LogP contribution in [-0.4, -0.2) is 21.9 Å². The normalized spacial score (nSPS) is 10.2. The maximum Gasteiger partial charge on any atom is 0.284 e. The number of rotatable bonds is 5. The van der Waals surface area contributed by atoms with Crippen LogP contribution in [0.25, 0.3) is 0 Å². The summed E-state index contributed by atoms with van der Waals surface area (Å²) in [7, 11) is 0. The summed E-state index contributed by atoms with van der Waals surface area (Å²) in [4.78, 5) is 22.3. The van der Waals surface area contributed by atoms with E-state index < -0.39 is 4.92 Å². The number of nitro groups is 1. The molecule has 7 heteroatoms. The number of hydrogen-bond acceptors (Lipinski definition) is 3. The Labute approximate surface area is 123 Å². The lowest BCUT2D eigenvalue weighted by Gasteiger charge is -2.07. The van der Waals surface area contributed by atoms with Crippen LogP contribution < -0.4 is 5.32 Å². The number of carbonyl (C=O) groups excluding carboxylic acids is 1. The molecular formula is C13H12BrN3O3. The van der Waals surface area contributed by atoms with Crippen molar-refractivity contribution in [2.45, 2.75) is 6.54 Å². The van der Waals surface area contributed by atoms with Gasteiger partial charge in [-0.25, -0.2) is 0 Å². The summed E-state index contributed by atoms with van der Waals surface area (Å²) in [6.07, 6.45) is 3.80. The molecule has 0 aliphatic rings. The summed E-state index contributed by atoms with van der Waals surface area (Å²) in [5.74, 6) is -0.340. The number of benzene rings is 1. The summed E-state index contributed by atoms with van der Waals surface area (Å²) < 4.78 is 2.13. The van der Waals surface area contributed by atoms with Gasteiger partial charge in [0.2, 0.25) is 0 Å². The van der Waals surface area contributed by atoms with Crippen LogP contribution in [0, 0.1) is 10.1 Å². The van der Waals surface area contributed by atoms with E-state index in [0.29, 0.717) is 13.1 Å². The Hall–Kier alpha value is -2.15. The van der Waals surface area contributed by atoms with E-state index in [9.17, 15) is 14.9 Å². The Morgan fingerprint density at radius 1 is 1.30 bits per heavy atom. The first-order valence-corrected chi connectivity index (χ1v) is 6.71. The lowest BCUT2D eigenvalue weighted by Crippen LogP contribution is -2.27. The van der Waals surface area contributed by atoms with Gasteiger partial charge in [-0.2, -0.15) is 0 Å². The monoisotopic (exact) mass is 337 g/mol. The minimum absolute atomic E-state index is 0.122. The smallest absolute Gasteiger partial charge is 0.284 e. The number of aromatic nitrogens is 1. The van der Waals surface area contributed by atoms with Crippen LogP contribution in [0.2, 0.25) is 0 Å². The van der Waals surface area contributed by atoms with E-state index >= 15 is 0 Å². The summed E-state index contributed by atoms with van der Waals surface area (Å²) in [6, 6.07) is 8.18. The average Bonchev–Trinajstić information content (AvgIpc) is 2.91. The molecule has 0 aliphatic carbocycles.